The van der Waals surface area contributed by atoms with Crippen LogP contribution in [-0.2, 0) is 10.8 Å². The molecule has 35 heavy (non-hydrogen) atoms. The van der Waals surface area contributed by atoms with Gasteiger partial charge in [-0.1, -0.05) is 82.3 Å². The second-order valence-electron chi connectivity index (χ2n) is 11.5. The van der Waals surface area contributed by atoms with Crippen LogP contribution in [0.2, 0.25) is 0 Å². The molecule has 0 saturated heterocycles. The first kappa shape index (κ1) is 23.4. The molecule has 4 aromatic rings. The first-order valence-electron chi connectivity index (χ1n) is 12.8. The van der Waals surface area contributed by atoms with Crippen molar-refractivity contribution in [2.75, 3.05) is 4.90 Å². The van der Waals surface area contributed by atoms with Crippen molar-refractivity contribution < 1.29 is 0 Å². The lowest BCUT2D eigenvalue weighted by atomic mass is 9.63. The highest BCUT2D eigenvalue weighted by Crippen LogP contribution is 2.47. The van der Waals surface area contributed by atoms with Crippen LogP contribution in [0.15, 0.2) is 91.0 Å². The van der Waals surface area contributed by atoms with E-state index in [2.05, 4.69) is 137 Å². The summed E-state index contributed by atoms with van der Waals surface area (Å²) >= 11 is 0. The molecule has 0 aromatic heterocycles. The maximum Gasteiger partial charge on any atom is 0.0467 e. The Kier molecular flexibility index (Phi) is 5.83. The average molecular weight is 460 g/mol. The van der Waals surface area contributed by atoms with Gasteiger partial charge in [0.1, 0.15) is 0 Å². The minimum Gasteiger partial charge on any atom is -0.310 e. The molecule has 0 fully saturated rings. The van der Waals surface area contributed by atoms with Gasteiger partial charge in [0.25, 0.3) is 0 Å². The van der Waals surface area contributed by atoms with Gasteiger partial charge in [0, 0.05) is 17.1 Å². The van der Waals surface area contributed by atoms with Crippen LogP contribution in [0.3, 0.4) is 0 Å². The molecule has 0 saturated carbocycles. The number of nitrogens with zero attached hydrogens (tertiary/aromatic N) is 1. The third kappa shape index (κ3) is 4.29. The predicted molar refractivity (Wildman–Crippen MR) is 151 cm³/mol. The molecule has 1 heteroatoms. The molecule has 1 nitrogen and oxygen atoms in total. The zero-order chi connectivity index (χ0) is 24.8. The summed E-state index contributed by atoms with van der Waals surface area (Å²) in [7, 11) is 0. The Morgan fingerprint density at radius 2 is 1.03 bits per heavy atom. The Bertz CT molecular complexity index is 1280. The van der Waals surface area contributed by atoms with E-state index in [1.54, 1.807) is 0 Å². The molecule has 0 radical (unpaired) electrons. The Morgan fingerprint density at radius 1 is 0.543 bits per heavy atom. The number of aryl methyl sites for hydroxylation is 2. The van der Waals surface area contributed by atoms with Gasteiger partial charge in [-0.05, 0) is 107 Å². The summed E-state index contributed by atoms with van der Waals surface area (Å²) in [5.74, 6) is 0. The lowest BCUT2D eigenvalue weighted by Gasteiger charge is -2.42. The van der Waals surface area contributed by atoms with Gasteiger partial charge in [0.15, 0.2) is 0 Å². The van der Waals surface area contributed by atoms with Crippen LogP contribution in [0.25, 0.3) is 11.1 Å². The number of fused-ring (bicyclic) bond motifs is 1. The molecule has 1 aliphatic rings. The monoisotopic (exact) mass is 459 g/mol. The Morgan fingerprint density at radius 3 is 1.54 bits per heavy atom. The number of rotatable bonds is 4. The van der Waals surface area contributed by atoms with Crippen LogP contribution in [-0.4, -0.2) is 0 Å². The molecule has 0 spiro atoms. The minimum atomic E-state index is 0.208. The Balaban J connectivity index is 1.63. The molecular formula is C34H37N. The predicted octanol–water partition coefficient (Wildman–Crippen LogP) is 9.79. The van der Waals surface area contributed by atoms with Gasteiger partial charge in [0.2, 0.25) is 0 Å². The fourth-order valence-corrected chi connectivity index (χ4v) is 5.87. The molecule has 0 unspecified atom stereocenters. The van der Waals surface area contributed by atoms with Crippen LogP contribution in [0.4, 0.5) is 17.1 Å². The number of benzene rings is 4. The quantitative estimate of drug-likeness (QED) is 0.293. The Labute approximate surface area is 211 Å². The van der Waals surface area contributed by atoms with E-state index in [9.17, 15) is 0 Å². The molecule has 178 valence electrons. The van der Waals surface area contributed by atoms with E-state index in [1.807, 2.05) is 0 Å². The topological polar surface area (TPSA) is 3.24 Å². The summed E-state index contributed by atoms with van der Waals surface area (Å²) in [5.41, 5.74) is 12.3. The molecule has 4 aromatic carbocycles. The lowest BCUT2D eigenvalue weighted by molar-refractivity contribution is 0.332. The molecular weight excluding hydrogens is 422 g/mol. The lowest BCUT2D eigenvalue weighted by Crippen LogP contribution is -2.33. The Hall–Kier alpha value is -3.32. The summed E-state index contributed by atoms with van der Waals surface area (Å²) in [6.07, 6.45) is 2.48. The number of para-hydroxylation sites is 2. The summed E-state index contributed by atoms with van der Waals surface area (Å²) in [6.45, 7) is 14.1. The molecule has 0 N–H and O–H groups in total. The third-order valence-corrected chi connectivity index (χ3v) is 7.95. The SMILES string of the molecule is Cc1cc(N(c2ccccc2)c2ccccc2)cc(C)c1-c1ccc2c(c1)C(C)(C)CCC2(C)C. The second-order valence-corrected chi connectivity index (χ2v) is 11.5. The van der Waals surface area contributed by atoms with Crippen molar-refractivity contribution in [1.82, 2.24) is 0 Å². The van der Waals surface area contributed by atoms with Crippen molar-refractivity contribution in [1.29, 1.82) is 0 Å². The van der Waals surface area contributed by atoms with Crippen molar-refractivity contribution >= 4 is 17.1 Å². The zero-order valence-corrected chi connectivity index (χ0v) is 22.0. The highest BCUT2D eigenvalue weighted by Gasteiger charge is 2.37. The molecule has 0 heterocycles. The van der Waals surface area contributed by atoms with Crippen LogP contribution >= 0.6 is 0 Å². The van der Waals surface area contributed by atoms with Crippen LogP contribution in [0, 0.1) is 13.8 Å². The van der Waals surface area contributed by atoms with Gasteiger partial charge in [-0.2, -0.15) is 0 Å². The van der Waals surface area contributed by atoms with Crippen LogP contribution in [0.5, 0.6) is 0 Å². The van der Waals surface area contributed by atoms with Gasteiger partial charge in [0.05, 0.1) is 0 Å². The van der Waals surface area contributed by atoms with E-state index >= 15 is 0 Å². The number of hydrogen-bond donors (Lipinski definition) is 0. The van der Waals surface area contributed by atoms with Crippen molar-refractivity contribution in [3.8, 4) is 11.1 Å². The molecule has 1 aliphatic carbocycles. The molecule has 0 aliphatic heterocycles. The van der Waals surface area contributed by atoms with E-state index in [1.165, 1.54) is 63.3 Å². The highest BCUT2D eigenvalue weighted by atomic mass is 15.1. The zero-order valence-electron chi connectivity index (χ0n) is 22.0. The first-order chi connectivity index (χ1) is 16.7. The van der Waals surface area contributed by atoms with E-state index in [0.717, 1.165) is 0 Å². The maximum absolute atomic E-state index is 2.48. The van der Waals surface area contributed by atoms with E-state index in [4.69, 9.17) is 0 Å². The molecule has 0 bridgehead atoms. The largest absolute Gasteiger partial charge is 0.310 e. The summed E-state index contributed by atoms with van der Waals surface area (Å²) < 4.78 is 0. The van der Waals surface area contributed by atoms with Crippen LogP contribution in [0.1, 0.15) is 62.8 Å². The van der Waals surface area contributed by atoms with Crippen molar-refractivity contribution in [3.63, 3.8) is 0 Å². The fourth-order valence-electron chi connectivity index (χ4n) is 5.87. The molecule has 0 amide bonds. The van der Waals surface area contributed by atoms with Gasteiger partial charge in [-0.3, -0.25) is 0 Å². The third-order valence-electron chi connectivity index (χ3n) is 7.95. The maximum atomic E-state index is 2.48. The number of anilines is 3. The summed E-state index contributed by atoms with van der Waals surface area (Å²) in [4.78, 5) is 2.35. The minimum absolute atomic E-state index is 0.208. The summed E-state index contributed by atoms with van der Waals surface area (Å²) in [6, 6.07) is 33.2. The van der Waals surface area contributed by atoms with E-state index in [-0.39, 0.29) is 10.8 Å². The second kappa shape index (κ2) is 8.72. The van der Waals surface area contributed by atoms with Gasteiger partial charge >= 0.3 is 0 Å². The first-order valence-corrected chi connectivity index (χ1v) is 12.8. The highest BCUT2D eigenvalue weighted by molar-refractivity contribution is 5.81. The van der Waals surface area contributed by atoms with E-state index < -0.39 is 0 Å². The molecule has 0 atom stereocenters. The average Bonchev–Trinajstić information content (AvgIpc) is 2.83. The van der Waals surface area contributed by atoms with Gasteiger partial charge in [-0.15, -0.1) is 0 Å². The van der Waals surface area contributed by atoms with Crippen LogP contribution < -0.4 is 4.90 Å². The summed E-state index contributed by atoms with van der Waals surface area (Å²) in [5, 5.41) is 0. The van der Waals surface area contributed by atoms with Gasteiger partial charge < -0.3 is 4.90 Å². The van der Waals surface area contributed by atoms with Crippen molar-refractivity contribution in [2.45, 2.75) is 65.2 Å². The van der Waals surface area contributed by atoms with Gasteiger partial charge in [-0.25, -0.2) is 0 Å². The van der Waals surface area contributed by atoms with Crippen molar-refractivity contribution in [3.05, 3.63) is 113 Å². The van der Waals surface area contributed by atoms with Crippen molar-refractivity contribution in [2.24, 2.45) is 0 Å². The normalized spacial score (nSPS) is 15.9. The molecule has 5 rings (SSSR count). The fraction of sp³-hybridized carbons (Fsp3) is 0.294. The smallest absolute Gasteiger partial charge is 0.0467 e. The van der Waals surface area contributed by atoms with E-state index in [0.29, 0.717) is 0 Å². The number of hydrogen-bond acceptors (Lipinski definition) is 1. The standard InChI is InChI=1S/C34H37N/c1-24-21-29(35(27-13-9-7-10-14-27)28-15-11-8-12-16-28)22-25(2)32(24)26-17-18-30-31(23-26)34(5,6)20-19-33(30,3)4/h7-18,21-23H,19-20H2,1-6H3.